The van der Waals surface area contributed by atoms with Gasteiger partial charge in [-0.05, 0) is 55.5 Å². The molecule has 1 atom stereocenters. The molecule has 2 fully saturated rings. The summed E-state index contributed by atoms with van der Waals surface area (Å²) in [5.41, 5.74) is -1.16. The van der Waals surface area contributed by atoms with Crippen molar-refractivity contribution in [2.24, 2.45) is 5.92 Å². The zero-order chi connectivity index (χ0) is 31.6. The number of alkyl halides is 6. The molecule has 0 bridgehead atoms. The molecular weight excluding hydrogens is 594 g/mol. The molecule has 234 valence electrons. The number of benzene rings is 1. The molecule has 0 aliphatic carbocycles. The van der Waals surface area contributed by atoms with Gasteiger partial charge in [-0.2, -0.15) is 26.3 Å². The van der Waals surface area contributed by atoms with Gasteiger partial charge in [0.05, 0.1) is 23.9 Å². The van der Waals surface area contributed by atoms with Crippen molar-refractivity contribution in [1.29, 1.82) is 0 Å². The molecule has 2 aliphatic heterocycles. The number of hydrogen-bond acceptors (Lipinski definition) is 7. The lowest BCUT2D eigenvalue weighted by Crippen LogP contribution is -2.40. The Labute approximate surface area is 247 Å². The number of rotatable bonds is 7. The smallest absolute Gasteiger partial charge is 0.417 e. The Kier molecular flexibility index (Phi) is 8.77. The van der Waals surface area contributed by atoms with Gasteiger partial charge in [0.15, 0.2) is 0 Å². The predicted octanol–water partition coefficient (Wildman–Crippen LogP) is 5.64. The minimum atomic E-state index is -4.72. The minimum absolute atomic E-state index is 0.000406. The monoisotopic (exact) mass is 622 g/mol. The van der Waals surface area contributed by atoms with Crippen LogP contribution in [0.5, 0.6) is 0 Å². The third-order valence-corrected chi connectivity index (χ3v) is 7.91. The molecule has 0 radical (unpaired) electrons. The van der Waals surface area contributed by atoms with Gasteiger partial charge in [-0.1, -0.05) is 18.2 Å². The van der Waals surface area contributed by atoms with Crippen LogP contribution in [0.15, 0.2) is 48.9 Å². The first kappa shape index (κ1) is 31.2. The molecule has 4 heterocycles. The number of pyridine rings is 1. The summed E-state index contributed by atoms with van der Waals surface area (Å²) in [6.45, 7) is 0.703. The minimum Gasteiger partial charge on any atom is -0.481 e. The average Bonchev–Trinajstić information content (AvgIpc) is 3.46. The summed E-state index contributed by atoms with van der Waals surface area (Å²) in [4.78, 5) is 39.7. The van der Waals surface area contributed by atoms with Gasteiger partial charge in [0.25, 0.3) is 5.91 Å². The van der Waals surface area contributed by atoms with Gasteiger partial charge in [0.2, 0.25) is 0 Å². The second-order valence-electron chi connectivity index (χ2n) is 10.8. The highest BCUT2D eigenvalue weighted by Gasteiger charge is 2.46. The SMILES string of the molecule is O=C(Nc1cc(CN2CCC[C@H]2C(F)(F)F)c(-c2ccccc2C(F)(F)F)cn1)c1cnc(N2CCC(C(=O)O)CC2)cn1. The first-order valence-electron chi connectivity index (χ1n) is 13.9. The fraction of sp³-hybridized carbons (Fsp3) is 0.414. The summed E-state index contributed by atoms with van der Waals surface area (Å²) in [7, 11) is 0. The van der Waals surface area contributed by atoms with Crippen LogP contribution in [0.1, 0.15) is 47.3 Å². The Bertz CT molecular complexity index is 1510. The van der Waals surface area contributed by atoms with Crippen LogP contribution in [0.25, 0.3) is 11.1 Å². The van der Waals surface area contributed by atoms with Crippen molar-refractivity contribution in [2.75, 3.05) is 29.9 Å². The number of anilines is 2. The van der Waals surface area contributed by atoms with E-state index in [1.54, 1.807) is 0 Å². The topological polar surface area (TPSA) is 112 Å². The van der Waals surface area contributed by atoms with E-state index in [4.69, 9.17) is 0 Å². The first-order chi connectivity index (χ1) is 20.8. The van der Waals surface area contributed by atoms with Crippen LogP contribution in [0.4, 0.5) is 38.0 Å². The maximum atomic E-state index is 13.8. The third kappa shape index (κ3) is 6.93. The van der Waals surface area contributed by atoms with Gasteiger partial charge in [0, 0.05) is 31.4 Å². The van der Waals surface area contributed by atoms with Crippen LogP contribution in [0.3, 0.4) is 0 Å². The number of piperidine rings is 1. The van der Waals surface area contributed by atoms with Crippen molar-refractivity contribution in [3.8, 4) is 11.1 Å². The Hall–Kier alpha value is -4.27. The number of halogens is 6. The Morgan fingerprint density at radius 3 is 2.27 bits per heavy atom. The van der Waals surface area contributed by atoms with E-state index in [0.29, 0.717) is 31.7 Å². The van der Waals surface area contributed by atoms with Gasteiger partial charge in [-0.3, -0.25) is 14.5 Å². The molecule has 2 aromatic heterocycles. The van der Waals surface area contributed by atoms with Crippen LogP contribution in [-0.2, 0) is 17.5 Å². The van der Waals surface area contributed by atoms with Crippen molar-refractivity contribution < 1.29 is 41.0 Å². The number of aliphatic carboxylic acids is 1. The number of nitrogens with one attached hydrogen (secondary N) is 1. The lowest BCUT2D eigenvalue weighted by atomic mass is 9.96. The number of carboxylic acids is 1. The predicted molar refractivity (Wildman–Crippen MR) is 147 cm³/mol. The highest BCUT2D eigenvalue weighted by Crippen LogP contribution is 2.40. The number of carboxylic acid groups (broad SMARTS) is 1. The Morgan fingerprint density at radius 2 is 1.64 bits per heavy atom. The van der Waals surface area contributed by atoms with Crippen LogP contribution < -0.4 is 10.2 Å². The number of carbonyl (C=O) groups is 2. The molecule has 3 aromatic rings. The fourth-order valence-corrected chi connectivity index (χ4v) is 5.65. The van der Waals surface area contributed by atoms with Gasteiger partial charge in [-0.25, -0.2) is 15.0 Å². The van der Waals surface area contributed by atoms with E-state index in [-0.39, 0.29) is 54.1 Å². The van der Waals surface area contributed by atoms with Gasteiger partial charge in [-0.15, -0.1) is 0 Å². The zero-order valence-electron chi connectivity index (χ0n) is 23.2. The molecule has 15 heteroatoms. The van der Waals surface area contributed by atoms with Crippen molar-refractivity contribution in [1.82, 2.24) is 19.9 Å². The van der Waals surface area contributed by atoms with Crippen LogP contribution >= 0.6 is 0 Å². The quantitative estimate of drug-likeness (QED) is 0.326. The van der Waals surface area contributed by atoms with Crippen molar-refractivity contribution in [3.63, 3.8) is 0 Å². The summed E-state index contributed by atoms with van der Waals surface area (Å²) >= 11 is 0. The fourth-order valence-electron chi connectivity index (χ4n) is 5.65. The number of aromatic nitrogens is 3. The molecule has 1 amide bonds. The van der Waals surface area contributed by atoms with E-state index in [1.165, 1.54) is 41.6 Å². The Balaban J connectivity index is 1.39. The molecule has 2 N–H and O–H groups in total. The highest BCUT2D eigenvalue weighted by molar-refractivity contribution is 6.02. The molecule has 2 aliphatic rings. The van der Waals surface area contributed by atoms with E-state index < -0.39 is 41.8 Å². The molecule has 2 saturated heterocycles. The summed E-state index contributed by atoms with van der Waals surface area (Å²) in [6, 6.07) is 4.27. The van der Waals surface area contributed by atoms with Crippen LogP contribution in [0.2, 0.25) is 0 Å². The molecule has 9 nitrogen and oxygen atoms in total. The maximum absolute atomic E-state index is 13.8. The highest BCUT2D eigenvalue weighted by atomic mass is 19.4. The summed E-state index contributed by atoms with van der Waals surface area (Å²) in [6.07, 6.45) is -4.49. The van der Waals surface area contributed by atoms with E-state index in [1.807, 2.05) is 4.90 Å². The van der Waals surface area contributed by atoms with E-state index >= 15 is 0 Å². The van der Waals surface area contributed by atoms with Gasteiger partial charge >= 0.3 is 18.3 Å². The summed E-state index contributed by atoms with van der Waals surface area (Å²) in [5.74, 6) is -1.63. The first-order valence-corrected chi connectivity index (χ1v) is 13.9. The van der Waals surface area contributed by atoms with E-state index in [2.05, 4.69) is 20.3 Å². The maximum Gasteiger partial charge on any atom is 0.417 e. The van der Waals surface area contributed by atoms with E-state index in [9.17, 15) is 41.0 Å². The van der Waals surface area contributed by atoms with Crippen LogP contribution in [0, 0.1) is 5.92 Å². The lowest BCUT2D eigenvalue weighted by molar-refractivity contribution is -0.177. The molecule has 0 unspecified atom stereocenters. The standard InChI is InChI=1S/C29H28F6N6O3/c30-28(31,32)21-5-2-1-4-19(21)20-13-37-24(12-18(20)16-41-9-3-6-23(41)29(33,34)35)39-26(42)22-14-38-25(15-36-22)40-10-7-17(8-11-40)27(43)44/h1-2,4-5,12-15,17,23H,3,6-11,16H2,(H,43,44)(H,37,39,42)/t23-/m0/s1. The molecule has 5 rings (SSSR count). The number of carbonyl (C=O) groups excluding carboxylic acids is 1. The van der Waals surface area contributed by atoms with Gasteiger partial charge < -0.3 is 15.3 Å². The number of hydrogen-bond donors (Lipinski definition) is 2. The summed E-state index contributed by atoms with van der Waals surface area (Å²) < 4.78 is 82.6. The molecular formula is C29H28F6N6O3. The second kappa shape index (κ2) is 12.4. The van der Waals surface area contributed by atoms with Crippen molar-refractivity contribution in [2.45, 2.75) is 50.6 Å². The van der Waals surface area contributed by atoms with Crippen molar-refractivity contribution in [3.05, 3.63) is 65.7 Å². The molecule has 0 spiro atoms. The molecule has 44 heavy (non-hydrogen) atoms. The molecule has 0 saturated carbocycles. The van der Waals surface area contributed by atoms with Crippen LogP contribution in [-0.4, -0.2) is 68.7 Å². The number of amides is 1. The Morgan fingerprint density at radius 1 is 0.909 bits per heavy atom. The van der Waals surface area contributed by atoms with Crippen molar-refractivity contribution >= 4 is 23.5 Å². The zero-order valence-corrected chi connectivity index (χ0v) is 23.2. The number of nitrogens with zero attached hydrogens (tertiary/aromatic N) is 5. The molecule has 1 aromatic carbocycles. The lowest BCUT2D eigenvalue weighted by Gasteiger charge is -2.30. The largest absolute Gasteiger partial charge is 0.481 e. The second-order valence-corrected chi connectivity index (χ2v) is 10.8. The summed E-state index contributed by atoms with van der Waals surface area (Å²) in [5, 5.41) is 11.7. The average molecular weight is 623 g/mol. The third-order valence-electron chi connectivity index (χ3n) is 7.91. The van der Waals surface area contributed by atoms with Gasteiger partial charge in [0.1, 0.15) is 23.4 Å². The number of likely N-dealkylation sites (tertiary alicyclic amines) is 1. The van der Waals surface area contributed by atoms with E-state index in [0.717, 1.165) is 12.3 Å². The normalized spacial score (nSPS) is 18.4.